The minimum absolute atomic E-state index is 0.0831. The van der Waals surface area contributed by atoms with Gasteiger partial charge in [0.2, 0.25) is 0 Å². The van der Waals surface area contributed by atoms with Gasteiger partial charge in [0.1, 0.15) is 24.1 Å². The number of para-hydroxylation sites is 2. The molecular formula is C32H32N2O4. The van der Waals surface area contributed by atoms with E-state index in [0.29, 0.717) is 25.6 Å². The van der Waals surface area contributed by atoms with Crippen LogP contribution in [0.3, 0.4) is 0 Å². The maximum Gasteiger partial charge on any atom is 0.144 e. The zero-order valence-corrected chi connectivity index (χ0v) is 21.1. The highest BCUT2D eigenvalue weighted by molar-refractivity contribution is 5.74. The van der Waals surface area contributed by atoms with Crippen LogP contribution in [0.5, 0.6) is 0 Å². The molecule has 6 nitrogen and oxygen atoms in total. The predicted molar refractivity (Wildman–Crippen MR) is 147 cm³/mol. The Morgan fingerprint density at radius 2 is 1.16 bits per heavy atom. The molecule has 0 fully saturated rings. The number of ether oxygens (including phenoxy) is 3. The van der Waals surface area contributed by atoms with Crippen LogP contribution in [0.15, 0.2) is 115 Å². The molecule has 0 unspecified atom stereocenters. The second kappa shape index (κ2) is 13.1. The minimum Gasteiger partial charge on any atom is -0.388 e. The van der Waals surface area contributed by atoms with Crippen LogP contribution in [0.1, 0.15) is 28.6 Å². The summed E-state index contributed by atoms with van der Waals surface area (Å²) in [5.41, 5.74) is 4.78. The van der Waals surface area contributed by atoms with Crippen LogP contribution in [-0.4, -0.2) is 33.9 Å². The average Bonchev–Trinajstić information content (AvgIpc) is 3.40. The fraction of sp³-hybridized carbons (Fsp3) is 0.219. The van der Waals surface area contributed by atoms with E-state index in [1.54, 1.807) is 0 Å². The molecule has 0 radical (unpaired) electrons. The first-order valence-corrected chi connectivity index (χ1v) is 12.8. The number of nitrogens with one attached hydrogen (secondary N) is 1. The number of nitrogens with zero attached hydrogens (tertiary/aromatic N) is 1. The van der Waals surface area contributed by atoms with E-state index in [4.69, 9.17) is 19.2 Å². The average molecular weight is 509 g/mol. The van der Waals surface area contributed by atoms with Gasteiger partial charge in [0, 0.05) is 0 Å². The van der Waals surface area contributed by atoms with E-state index in [9.17, 15) is 5.11 Å². The van der Waals surface area contributed by atoms with Crippen molar-refractivity contribution in [1.82, 2.24) is 9.97 Å². The first-order chi connectivity index (χ1) is 18.8. The van der Waals surface area contributed by atoms with Crippen LogP contribution in [0.25, 0.3) is 11.0 Å². The summed E-state index contributed by atoms with van der Waals surface area (Å²) in [5, 5.41) is 11.4. The Balaban J connectivity index is 1.40. The molecule has 2 N–H and O–H groups in total. The van der Waals surface area contributed by atoms with Gasteiger partial charge in [-0.3, -0.25) is 0 Å². The standard InChI is InChI=1S/C32H32N2O4/c35-29(23-36-20-24-12-4-1-5-13-24)30(37-21-25-14-6-2-7-15-25)31(38-22-26-16-8-3-9-17-26)32-33-27-18-10-11-19-28(27)34-32/h1-19,29-31,35H,20-23H2,(H,33,34)/t29-,30-,31-/m1/s1. The molecule has 4 aromatic carbocycles. The summed E-state index contributed by atoms with van der Waals surface area (Å²) in [7, 11) is 0. The van der Waals surface area contributed by atoms with Crippen LogP contribution < -0.4 is 0 Å². The maximum absolute atomic E-state index is 11.4. The second-order valence-electron chi connectivity index (χ2n) is 9.19. The molecule has 0 aliphatic carbocycles. The number of H-pyrrole nitrogens is 1. The number of benzene rings is 4. The van der Waals surface area contributed by atoms with Crippen LogP contribution in [0.4, 0.5) is 0 Å². The van der Waals surface area contributed by atoms with Crippen LogP contribution >= 0.6 is 0 Å². The highest BCUT2D eigenvalue weighted by Gasteiger charge is 2.34. The van der Waals surface area contributed by atoms with E-state index >= 15 is 0 Å². The van der Waals surface area contributed by atoms with Gasteiger partial charge in [-0.2, -0.15) is 0 Å². The molecule has 0 spiro atoms. The SMILES string of the molecule is O[C@H](COCc1ccccc1)[C@@H](OCc1ccccc1)[C@@H](OCc1ccccc1)c1nc2ccccc2[nH]1. The lowest BCUT2D eigenvalue weighted by Gasteiger charge is -2.30. The van der Waals surface area contributed by atoms with Crippen molar-refractivity contribution in [3.05, 3.63) is 138 Å². The molecular weight excluding hydrogens is 476 g/mol. The number of rotatable bonds is 13. The summed E-state index contributed by atoms with van der Waals surface area (Å²) in [4.78, 5) is 8.18. The highest BCUT2D eigenvalue weighted by atomic mass is 16.6. The lowest BCUT2D eigenvalue weighted by atomic mass is 10.1. The van der Waals surface area contributed by atoms with E-state index in [1.165, 1.54) is 0 Å². The summed E-state index contributed by atoms with van der Waals surface area (Å²) in [6.45, 7) is 1.13. The second-order valence-corrected chi connectivity index (χ2v) is 9.19. The molecule has 1 heterocycles. The van der Waals surface area contributed by atoms with Crippen molar-refractivity contribution in [2.24, 2.45) is 0 Å². The molecule has 1 aromatic heterocycles. The molecule has 3 atom stereocenters. The summed E-state index contributed by atoms with van der Waals surface area (Å²) >= 11 is 0. The number of aliphatic hydroxyl groups excluding tert-OH is 1. The first kappa shape index (κ1) is 25.8. The predicted octanol–water partition coefficient (Wildman–Crippen LogP) is 5.98. The molecule has 0 amide bonds. The molecule has 0 bridgehead atoms. The van der Waals surface area contributed by atoms with E-state index in [0.717, 1.165) is 27.7 Å². The van der Waals surface area contributed by atoms with Crippen molar-refractivity contribution in [2.75, 3.05) is 6.61 Å². The quantitative estimate of drug-likeness (QED) is 0.205. The van der Waals surface area contributed by atoms with Gasteiger partial charge in [-0.05, 0) is 28.8 Å². The van der Waals surface area contributed by atoms with Crippen molar-refractivity contribution >= 4 is 11.0 Å². The number of aromatic amines is 1. The third-order valence-electron chi connectivity index (χ3n) is 6.31. The Labute approximate surface area is 222 Å². The van der Waals surface area contributed by atoms with Gasteiger partial charge in [0.05, 0.1) is 37.5 Å². The van der Waals surface area contributed by atoms with Crippen LogP contribution in [-0.2, 0) is 34.0 Å². The van der Waals surface area contributed by atoms with Crippen LogP contribution in [0, 0.1) is 0 Å². The van der Waals surface area contributed by atoms with E-state index in [-0.39, 0.29) is 6.61 Å². The van der Waals surface area contributed by atoms with Crippen LogP contribution in [0.2, 0.25) is 0 Å². The van der Waals surface area contributed by atoms with Gasteiger partial charge < -0.3 is 24.3 Å². The molecule has 5 aromatic rings. The topological polar surface area (TPSA) is 76.6 Å². The number of aromatic nitrogens is 2. The van der Waals surface area contributed by atoms with E-state index in [2.05, 4.69) is 4.98 Å². The molecule has 5 rings (SSSR count). The monoisotopic (exact) mass is 508 g/mol. The number of aliphatic hydroxyl groups is 1. The molecule has 0 saturated heterocycles. The van der Waals surface area contributed by atoms with Gasteiger partial charge in [0.15, 0.2) is 0 Å². The number of hydrogen-bond acceptors (Lipinski definition) is 5. The van der Waals surface area contributed by atoms with Crippen molar-refractivity contribution in [3.63, 3.8) is 0 Å². The number of fused-ring (bicyclic) bond motifs is 1. The van der Waals surface area contributed by atoms with Gasteiger partial charge in [-0.15, -0.1) is 0 Å². The van der Waals surface area contributed by atoms with Gasteiger partial charge in [-0.1, -0.05) is 103 Å². The van der Waals surface area contributed by atoms with Crippen molar-refractivity contribution in [3.8, 4) is 0 Å². The third-order valence-corrected chi connectivity index (χ3v) is 6.31. The van der Waals surface area contributed by atoms with Crippen molar-refractivity contribution in [2.45, 2.75) is 38.1 Å². The van der Waals surface area contributed by atoms with Gasteiger partial charge in [0.25, 0.3) is 0 Å². The lowest BCUT2D eigenvalue weighted by Crippen LogP contribution is -2.39. The molecule has 0 saturated carbocycles. The highest BCUT2D eigenvalue weighted by Crippen LogP contribution is 2.28. The van der Waals surface area contributed by atoms with E-state index in [1.807, 2.05) is 115 Å². The number of imidazole rings is 1. The maximum atomic E-state index is 11.4. The van der Waals surface area contributed by atoms with Gasteiger partial charge >= 0.3 is 0 Å². The normalized spacial score (nSPS) is 13.8. The van der Waals surface area contributed by atoms with Crippen molar-refractivity contribution < 1.29 is 19.3 Å². The molecule has 194 valence electrons. The zero-order chi connectivity index (χ0) is 26.0. The third kappa shape index (κ3) is 6.94. The Bertz CT molecular complexity index is 1340. The Kier molecular flexibility index (Phi) is 8.92. The summed E-state index contributed by atoms with van der Waals surface area (Å²) < 4.78 is 18.7. The summed E-state index contributed by atoms with van der Waals surface area (Å²) in [6.07, 6.45) is -2.37. The fourth-order valence-electron chi connectivity index (χ4n) is 4.33. The molecule has 6 heteroatoms. The summed E-state index contributed by atoms with van der Waals surface area (Å²) in [5.74, 6) is 0.599. The molecule has 38 heavy (non-hydrogen) atoms. The minimum atomic E-state index is -0.962. The molecule has 0 aliphatic rings. The van der Waals surface area contributed by atoms with E-state index < -0.39 is 18.3 Å². The smallest absolute Gasteiger partial charge is 0.144 e. The lowest BCUT2D eigenvalue weighted by molar-refractivity contribution is -0.151. The Morgan fingerprint density at radius 1 is 0.632 bits per heavy atom. The van der Waals surface area contributed by atoms with Gasteiger partial charge in [-0.25, -0.2) is 4.98 Å². The first-order valence-electron chi connectivity index (χ1n) is 12.8. The number of hydrogen-bond donors (Lipinski definition) is 2. The summed E-state index contributed by atoms with van der Waals surface area (Å²) in [6, 6.07) is 37.6. The van der Waals surface area contributed by atoms with Crippen molar-refractivity contribution in [1.29, 1.82) is 0 Å². The Morgan fingerprint density at radius 3 is 1.76 bits per heavy atom. The fourth-order valence-corrected chi connectivity index (χ4v) is 4.33. The Hall–Kier alpha value is -3.81. The largest absolute Gasteiger partial charge is 0.388 e. The molecule has 0 aliphatic heterocycles. The zero-order valence-electron chi connectivity index (χ0n) is 21.1.